The third kappa shape index (κ3) is 8.38. The molecule has 4 aromatic carbocycles. The number of carbonyl (C=O) groups excluding carboxylic acids is 1. The molecule has 5 aromatic rings. The van der Waals surface area contributed by atoms with Crippen LogP contribution in [0.3, 0.4) is 0 Å². The van der Waals surface area contributed by atoms with Gasteiger partial charge < -0.3 is 5.11 Å². The summed E-state index contributed by atoms with van der Waals surface area (Å²) in [5.74, 6) is -0.958. The van der Waals surface area contributed by atoms with Gasteiger partial charge in [-0.05, 0) is 27.7 Å². The molecular weight excluding hydrogens is 927 g/mol. The van der Waals surface area contributed by atoms with Crippen molar-refractivity contribution >= 4 is 61.1 Å². The van der Waals surface area contributed by atoms with Crippen molar-refractivity contribution in [2.45, 2.75) is 87.3 Å². The number of carbonyl (C=O) groups is 1. The number of hydrogen-bond acceptors (Lipinski definition) is 5. The SMILES string of the molecule is CC(C)(F)C(=O)/C=C(\O)C(C)(C)F.COc1cc(-c2nn[c]([Sb]([F])([C](C)(C)C)[C](C)(C)C)c3cc4ccccc4cc23)[c-]c2ccccc12.[Ir]. The van der Waals surface area contributed by atoms with Crippen LogP contribution >= 0.6 is 0 Å². The van der Waals surface area contributed by atoms with Gasteiger partial charge in [0, 0.05) is 26.2 Å². The van der Waals surface area contributed by atoms with Crippen molar-refractivity contribution in [1.29, 1.82) is 0 Å². The first kappa shape index (κ1) is 41.4. The van der Waals surface area contributed by atoms with E-state index >= 15 is 2.81 Å². The van der Waals surface area contributed by atoms with E-state index in [4.69, 9.17) is 20.0 Å². The molecule has 50 heavy (non-hydrogen) atoms. The first-order valence-electron chi connectivity index (χ1n) is 16.1. The van der Waals surface area contributed by atoms with E-state index in [1.807, 2.05) is 84.0 Å². The fourth-order valence-corrected chi connectivity index (χ4v) is 17.2. The van der Waals surface area contributed by atoms with Crippen LogP contribution < -0.4 is 8.38 Å². The van der Waals surface area contributed by atoms with E-state index in [0.717, 1.165) is 71.3 Å². The second-order valence-electron chi connectivity index (χ2n) is 15.2. The average molecular weight is 974 g/mol. The van der Waals surface area contributed by atoms with Gasteiger partial charge in [-0.25, -0.2) is 8.78 Å². The van der Waals surface area contributed by atoms with E-state index in [0.29, 0.717) is 15.4 Å². The number of benzene rings is 4. The zero-order valence-corrected chi connectivity index (χ0v) is 35.4. The van der Waals surface area contributed by atoms with Gasteiger partial charge in [0.15, 0.2) is 17.1 Å². The van der Waals surface area contributed by atoms with E-state index in [-0.39, 0.29) is 20.1 Å². The standard InChI is InChI=1S/C23H14N2O.C9H14F2O2.2C4H9.FH.Ir.Sb/c1-26-22-13-18(11-17-8-4-5-9-20(17)22)23-21-12-16-7-3-2-6-15(16)10-19(21)14-24-25-23;1-8(2,10)6(12)5-7(13)9(3,4)11;2*1-4(2)3;;;/h2-10,12-13H,1H3;5,12H,1-4H3;2*1-3H3;1H;;/q-1;;;;;;+1/p-1/b;6-5-;;;;;. The summed E-state index contributed by atoms with van der Waals surface area (Å²) in [6, 6.07) is 25.9. The summed E-state index contributed by atoms with van der Waals surface area (Å²) in [6.45, 7) is 16.4. The van der Waals surface area contributed by atoms with Crippen molar-refractivity contribution in [3.63, 3.8) is 0 Å². The summed E-state index contributed by atoms with van der Waals surface area (Å²) >= 11 is -4.53. The second kappa shape index (κ2) is 14.9. The molecule has 0 spiro atoms. The van der Waals surface area contributed by atoms with E-state index in [1.165, 1.54) is 0 Å². The average Bonchev–Trinajstić information content (AvgIpc) is 3.00. The quantitative estimate of drug-likeness (QED) is 0.0604. The minimum atomic E-state index is -4.53. The predicted octanol–water partition coefficient (Wildman–Crippen LogP) is 10.6. The van der Waals surface area contributed by atoms with Gasteiger partial charge >= 0.3 is 218 Å². The van der Waals surface area contributed by atoms with Crippen molar-refractivity contribution < 1.29 is 46.3 Å². The van der Waals surface area contributed by atoms with Crippen LogP contribution in [0.2, 0.25) is 6.72 Å². The maximum absolute atomic E-state index is 17.6. The molecule has 2 radical (unpaired) electrons. The Hall–Kier alpha value is -2.99. The van der Waals surface area contributed by atoms with E-state index in [2.05, 4.69) is 30.3 Å². The number of nitrogens with zero attached hydrogens (tertiary/aromatic N) is 2. The number of hydrogen-bond donors (Lipinski definition) is 1. The molecule has 1 heterocycles. The Kier molecular flexibility index (Phi) is 12.4. The first-order valence-corrected chi connectivity index (χ1v) is 20.9. The molecule has 1 aromatic heterocycles. The smallest absolute Gasteiger partial charge is 0 e. The largest absolute Gasteiger partial charge is 0 e. The summed E-state index contributed by atoms with van der Waals surface area (Å²) in [7, 11) is 1.67. The Labute approximate surface area is 311 Å². The van der Waals surface area contributed by atoms with Gasteiger partial charge in [0.2, 0.25) is 0 Å². The molecule has 0 aliphatic heterocycles. The molecule has 5 rings (SSSR count). The predicted molar refractivity (Wildman–Crippen MR) is 197 cm³/mol. The van der Waals surface area contributed by atoms with Crippen molar-refractivity contribution in [2.75, 3.05) is 7.11 Å². The topological polar surface area (TPSA) is 72.3 Å². The molecule has 0 atom stereocenters. The molecule has 0 aliphatic carbocycles. The van der Waals surface area contributed by atoms with Gasteiger partial charge in [-0.3, -0.25) is 4.79 Å². The minimum absolute atomic E-state index is 0. The molecule has 0 amide bonds. The Morgan fingerprint density at radius 2 is 1.30 bits per heavy atom. The number of aliphatic hydroxyl groups is 1. The molecule has 1 N–H and O–H groups in total. The van der Waals surface area contributed by atoms with Crippen LogP contribution in [0.5, 0.6) is 5.75 Å². The van der Waals surface area contributed by atoms with Crippen molar-refractivity contribution in [1.82, 2.24) is 10.2 Å². The normalized spacial score (nSPS) is 13.1. The third-order valence-corrected chi connectivity index (χ3v) is 21.6. The Bertz CT molecular complexity index is 2040. The molecule has 0 saturated carbocycles. The molecule has 0 bridgehead atoms. The van der Waals surface area contributed by atoms with Gasteiger partial charge in [-0.15, -0.1) is 0 Å². The van der Waals surface area contributed by atoms with Crippen LogP contribution in [0.25, 0.3) is 43.6 Å². The van der Waals surface area contributed by atoms with E-state index in [9.17, 15) is 13.6 Å². The van der Waals surface area contributed by atoms with E-state index in [1.54, 1.807) is 7.11 Å². The number of rotatable bonds is 6. The van der Waals surface area contributed by atoms with Gasteiger partial charge in [-0.1, -0.05) is 0 Å². The molecule has 5 nitrogen and oxygen atoms in total. The minimum Gasteiger partial charge on any atom is 0 e. The monoisotopic (exact) mass is 973 g/mol. The van der Waals surface area contributed by atoms with Crippen LogP contribution in [0.4, 0.5) is 11.6 Å². The maximum Gasteiger partial charge on any atom is 0 e. The third-order valence-electron chi connectivity index (χ3n) is 8.44. The molecule has 0 fully saturated rings. The number of ether oxygens (including phenoxy) is 1. The van der Waals surface area contributed by atoms with Gasteiger partial charge in [0.1, 0.15) is 5.76 Å². The van der Waals surface area contributed by atoms with Crippen LogP contribution in [-0.2, 0) is 24.9 Å². The van der Waals surface area contributed by atoms with E-state index < -0.39 is 49.0 Å². The molecule has 10 heteroatoms. The number of allylic oxidation sites excluding steroid dienone is 2. The van der Waals surface area contributed by atoms with Gasteiger partial charge in [-0.2, -0.15) is 0 Å². The molecule has 270 valence electrons. The number of aliphatic hydroxyl groups excluding tert-OH is 1. The zero-order valence-electron chi connectivity index (χ0n) is 30.5. The van der Waals surface area contributed by atoms with Crippen LogP contribution in [-0.4, -0.2) is 58.9 Å². The number of fused-ring (bicyclic) bond motifs is 3. The van der Waals surface area contributed by atoms with Crippen molar-refractivity contribution in [3.05, 3.63) is 84.6 Å². The fraction of sp³-hybridized carbons (Fsp3) is 0.375. The summed E-state index contributed by atoms with van der Waals surface area (Å²) < 4.78 is 48.7. The Morgan fingerprint density at radius 1 is 0.780 bits per heavy atom. The number of alkyl halides is 2. The van der Waals surface area contributed by atoms with Gasteiger partial charge in [0.05, 0.1) is 0 Å². The summed E-state index contributed by atoms with van der Waals surface area (Å²) in [6.07, 6.45) is 0.583. The Balaban J connectivity index is 0.000000414. The van der Waals surface area contributed by atoms with Crippen LogP contribution in [0, 0.1) is 6.07 Å². The van der Waals surface area contributed by atoms with Crippen LogP contribution in [0.1, 0.15) is 69.2 Å². The number of ketones is 1. The summed E-state index contributed by atoms with van der Waals surface area (Å²) in [4.78, 5) is 10.9. The van der Waals surface area contributed by atoms with Gasteiger partial charge in [0.25, 0.3) is 0 Å². The fourth-order valence-electron chi connectivity index (χ4n) is 5.86. The summed E-state index contributed by atoms with van der Waals surface area (Å²) in [5, 5.41) is 24.3. The zero-order chi connectivity index (χ0) is 36.7. The first-order chi connectivity index (χ1) is 22.5. The number of methoxy groups -OCH3 is 1. The molecular formula is C40H46F3IrN2O3Sb-. The molecule has 0 unspecified atom stereocenters. The van der Waals surface area contributed by atoms with Crippen LogP contribution in [0.15, 0.2) is 78.6 Å². The maximum atomic E-state index is 17.6. The van der Waals surface area contributed by atoms with Crippen molar-refractivity contribution in [3.8, 4) is 17.0 Å². The second-order valence-corrected chi connectivity index (χ2v) is 27.4. The number of aromatic nitrogens is 2. The Morgan fingerprint density at radius 3 is 1.80 bits per heavy atom. The molecule has 0 saturated heterocycles. The number of halogens is 3. The van der Waals surface area contributed by atoms with Crippen molar-refractivity contribution in [2.24, 2.45) is 0 Å². The molecule has 0 aliphatic rings. The summed E-state index contributed by atoms with van der Waals surface area (Å²) in [5.41, 5.74) is -2.62.